The molecule has 0 aliphatic carbocycles. The van der Waals surface area contributed by atoms with Gasteiger partial charge in [0.05, 0.1) is 22.3 Å². The first kappa shape index (κ1) is 16.9. The molecule has 5 aromatic rings. The highest BCUT2D eigenvalue weighted by Crippen LogP contribution is 2.40. The Balaban J connectivity index is 1.51. The fourth-order valence-corrected chi connectivity index (χ4v) is 3.87. The molecule has 3 aromatic carbocycles. The van der Waals surface area contributed by atoms with Gasteiger partial charge in [-0.3, -0.25) is 5.10 Å². The number of H-pyrrole nitrogens is 2. The molecular formula is C24H18N4O2. The highest BCUT2D eigenvalue weighted by Gasteiger charge is 2.30. The third-order valence-electron chi connectivity index (χ3n) is 5.30. The standard InChI is InChI=1S/C24H18N4O2/c1-2-8-15(9-3-1)22-21(24-25-16-10-4-5-11-17(16)26-24)23(28-27-22)20-14-29-18-12-6-7-13-19(18)30-20/h1-13,20H,14H2,(H,25,26)(H,27,28). The Labute approximate surface area is 172 Å². The quantitative estimate of drug-likeness (QED) is 0.445. The summed E-state index contributed by atoms with van der Waals surface area (Å²) in [6.45, 7) is 0.390. The fourth-order valence-electron chi connectivity index (χ4n) is 3.87. The number of aromatic nitrogens is 4. The van der Waals surface area contributed by atoms with Crippen molar-refractivity contribution in [3.05, 3.63) is 84.6 Å². The van der Waals surface area contributed by atoms with Gasteiger partial charge in [-0.25, -0.2) is 4.98 Å². The normalized spacial score (nSPS) is 15.4. The smallest absolute Gasteiger partial charge is 0.175 e. The third kappa shape index (κ3) is 2.73. The van der Waals surface area contributed by atoms with E-state index >= 15 is 0 Å². The summed E-state index contributed by atoms with van der Waals surface area (Å²) in [4.78, 5) is 8.27. The van der Waals surface area contributed by atoms with E-state index in [0.717, 1.165) is 50.9 Å². The molecule has 6 heteroatoms. The van der Waals surface area contributed by atoms with Crippen molar-refractivity contribution in [2.45, 2.75) is 6.10 Å². The van der Waals surface area contributed by atoms with Gasteiger partial charge < -0.3 is 14.5 Å². The maximum Gasteiger partial charge on any atom is 0.175 e. The summed E-state index contributed by atoms with van der Waals surface area (Å²) in [6.07, 6.45) is -0.326. The lowest BCUT2D eigenvalue weighted by molar-refractivity contribution is 0.0886. The van der Waals surface area contributed by atoms with Crippen molar-refractivity contribution in [3.63, 3.8) is 0 Å². The Bertz CT molecular complexity index is 1310. The van der Waals surface area contributed by atoms with Crippen molar-refractivity contribution >= 4 is 11.0 Å². The van der Waals surface area contributed by atoms with Crippen molar-refractivity contribution in [2.75, 3.05) is 6.61 Å². The predicted octanol–water partition coefficient (Wildman–Crippen LogP) is 5.13. The molecule has 1 atom stereocenters. The van der Waals surface area contributed by atoms with Crippen LogP contribution in [0, 0.1) is 0 Å². The van der Waals surface area contributed by atoms with Gasteiger partial charge in [-0.05, 0) is 24.3 Å². The Morgan fingerprint density at radius 3 is 2.47 bits per heavy atom. The van der Waals surface area contributed by atoms with E-state index in [-0.39, 0.29) is 6.10 Å². The largest absolute Gasteiger partial charge is 0.485 e. The number of hydrogen-bond donors (Lipinski definition) is 2. The number of nitrogens with zero attached hydrogens (tertiary/aromatic N) is 2. The first-order chi connectivity index (χ1) is 14.9. The molecule has 0 saturated heterocycles. The number of fused-ring (bicyclic) bond motifs is 2. The molecule has 1 aliphatic heterocycles. The molecule has 0 saturated carbocycles. The number of ether oxygens (including phenoxy) is 2. The molecule has 146 valence electrons. The van der Waals surface area contributed by atoms with E-state index in [1.165, 1.54) is 0 Å². The summed E-state index contributed by atoms with van der Waals surface area (Å²) in [5.41, 5.74) is 5.45. The van der Waals surface area contributed by atoms with Gasteiger partial charge in [0, 0.05) is 5.56 Å². The SMILES string of the molecule is c1ccc(-c2n[nH]c(C3COc4ccccc4O3)c2-c2nc3ccccc3[nH]2)cc1. The van der Waals surface area contributed by atoms with Crippen molar-refractivity contribution < 1.29 is 9.47 Å². The van der Waals surface area contributed by atoms with Crippen LogP contribution in [0.5, 0.6) is 11.5 Å². The summed E-state index contributed by atoms with van der Waals surface area (Å²) in [5.74, 6) is 2.23. The molecule has 0 spiro atoms. The lowest BCUT2D eigenvalue weighted by atomic mass is 10.0. The molecule has 1 aliphatic rings. The highest BCUT2D eigenvalue weighted by molar-refractivity contribution is 5.85. The number of hydrogen-bond acceptors (Lipinski definition) is 4. The van der Waals surface area contributed by atoms with Crippen molar-refractivity contribution in [1.82, 2.24) is 20.2 Å². The number of aromatic amines is 2. The van der Waals surface area contributed by atoms with Gasteiger partial charge in [0.1, 0.15) is 18.1 Å². The second-order valence-electron chi connectivity index (χ2n) is 7.19. The van der Waals surface area contributed by atoms with Crippen LogP contribution in [0.3, 0.4) is 0 Å². The molecule has 0 fully saturated rings. The van der Waals surface area contributed by atoms with Crippen LogP contribution in [-0.4, -0.2) is 26.8 Å². The second-order valence-corrected chi connectivity index (χ2v) is 7.19. The second kappa shape index (κ2) is 6.77. The molecule has 6 rings (SSSR count). The molecule has 3 heterocycles. The summed E-state index contributed by atoms with van der Waals surface area (Å²) in [5, 5.41) is 7.84. The molecule has 6 nitrogen and oxygen atoms in total. The van der Waals surface area contributed by atoms with Gasteiger partial charge in [0.2, 0.25) is 0 Å². The van der Waals surface area contributed by atoms with Crippen molar-refractivity contribution in [1.29, 1.82) is 0 Å². The van der Waals surface area contributed by atoms with E-state index in [1.54, 1.807) is 0 Å². The van der Waals surface area contributed by atoms with Gasteiger partial charge in [0.25, 0.3) is 0 Å². The van der Waals surface area contributed by atoms with Gasteiger partial charge >= 0.3 is 0 Å². The Morgan fingerprint density at radius 2 is 1.60 bits per heavy atom. The lowest BCUT2D eigenvalue weighted by Gasteiger charge is -2.26. The molecule has 0 radical (unpaired) electrons. The van der Waals surface area contributed by atoms with Gasteiger partial charge in [-0.1, -0.05) is 54.6 Å². The van der Waals surface area contributed by atoms with Crippen LogP contribution in [0.15, 0.2) is 78.9 Å². The van der Waals surface area contributed by atoms with Gasteiger partial charge in [-0.2, -0.15) is 5.10 Å². The topological polar surface area (TPSA) is 75.8 Å². The fraction of sp³-hybridized carbons (Fsp3) is 0.0833. The minimum Gasteiger partial charge on any atom is -0.485 e. The van der Waals surface area contributed by atoms with Crippen LogP contribution in [0.1, 0.15) is 11.8 Å². The van der Waals surface area contributed by atoms with Crippen LogP contribution in [-0.2, 0) is 0 Å². The van der Waals surface area contributed by atoms with Crippen molar-refractivity contribution in [2.24, 2.45) is 0 Å². The summed E-state index contributed by atoms with van der Waals surface area (Å²) >= 11 is 0. The monoisotopic (exact) mass is 394 g/mol. The highest BCUT2D eigenvalue weighted by atomic mass is 16.6. The van der Waals surface area contributed by atoms with Crippen molar-refractivity contribution in [3.8, 4) is 34.1 Å². The average molecular weight is 394 g/mol. The molecule has 2 aromatic heterocycles. The van der Waals surface area contributed by atoms with E-state index in [9.17, 15) is 0 Å². The van der Waals surface area contributed by atoms with Gasteiger partial charge in [-0.15, -0.1) is 0 Å². The minimum atomic E-state index is -0.326. The Kier molecular flexibility index (Phi) is 3.81. The lowest BCUT2D eigenvalue weighted by Crippen LogP contribution is -2.22. The average Bonchev–Trinajstić information content (AvgIpc) is 3.43. The number of benzene rings is 3. The Morgan fingerprint density at radius 1 is 0.833 bits per heavy atom. The molecular weight excluding hydrogens is 376 g/mol. The maximum absolute atomic E-state index is 6.27. The van der Waals surface area contributed by atoms with E-state index in [0.29, 0.717) is 6.61 Å². The zero-order chi connectivity index (χ0) is 19.9. The number of rotatable bonds is 3. The summed E-state index contributed by atoms with van der Waals surface area (Å²) in [7, 11) is 0. The minimum absolute atomic E-state index is 0.326. The molecule has 1 unspecified atom stereocenters. The zero-order valence-electron chi connectivity index (χ0n) is 16.0. The van der Waals surface area contributed by atoms with Crippen LogP contribution >= 0.6 is 0 Å². The number of para-hydroxylation sites is 4. The number of nitrogens with one attached hydrogen (secondary N) is 2. The molecule has 0 amide bonds. The van der Waals surface area contributed by atoms with Crippen LogP contribution in [0.25, 0.3) is 33.7 Å². The van der Waals surface area contributed by atoms with E-state index in [1.807, 2.05) is 78.9 Å². The van der Waals surface area contributed by atoms with E-state index < -0.39 is 0 Å². The maximum atomic E-state index is 6.27. The van der Waals surface area contributed by atoms with Crippen LogP contribution < -0.4 is 9.47 Å². The van der Waals surface area contributed by atoms with Gasteiger partial charge in [0.15, 0.2) is 17.6 Å². The third-order valence-corrected chi connectivity index (χ3v) is 5.30. The summed E-state index contributed by atoms with van der Waals surface area (Å²) < 4.78 is 12.2. The van der Waals surface area contributed by atoms with E-state index in [4.69, 9.17) is 14.5 Å². The number of imidazole rings is 1. The predicted molar refractivity (Wildman–Crippen MR) is 114 cm³/mol. The van der Waals surface area contributed by atoms with Crippen LogP contribution in [0.4, 0.5) is 0 Å². The Hall–Kier alpha value is -4.06. The zero-order valence-corrected chi connectivity index (χ0v) is 16.0. The molecule has 0 bridgehead atoms. The van der Waals surface area contributed by atoms with Crippen LogP contribution in [0.2, 0.25) is 0 Å². The molecule has 30 heavy (non-hydrogen) atoms. The van der Waals surface area contributed by atoms with E-state index in [2.05, 4.69) is 15.2 Å². The first-order valence-corrected chi connectivity index (χ1v) is 9.84. The summed E-state index contributed by atoms with van der Waals surface area (Å²) in [6, 6.07) is 25.8. The molecule has 2 N–H and O–H groups in total. The first-order valence-electron chi connectivity index (χ1n) is 9.84.